The molecule has 0 heterocycles. The lowest BCUT2D eigenvalue weighted by Crippen LogP contribution is -2.08. The van der Waals surface area contributed by atoms with Gasteiger partial charge in [-0.15, -0.1) is 0 Å². The van der Waals surface area contributed by atoms with E-state index in [2.05, 4.69) is 4.52 Å². The normalized spacial score (nSPS) is 12.4. The van der Waals surface area contributed by atoms with Gasteiger partial charge >= 0.3 is 8.25 Å². The molecule has 5 heteroatoms. The van der Waals surface area contributed by atoms with E-state index in [0.717, 1.165) is 5.56 Å². The lowest BCUT2D eigenvalue weighted by Gasteiger charge is -2.00. The molecule has 14 heavy (non-hydrogen) atoms. The van der Waals surface area contributed by atoms with Gasteiger partial charge in [-0.2, -0.15) is 0 Å². The van der Waals surface area contributed by atoms with Crippen molar-refractivity contribution in [2.75, 3.05) is 6.61 Å². The van der Waals surface area contributed by atoms with Crippen molar-refractivity contribution in [3.05, 3.63) is 35.9 Å². The molecule has 0 aliphatic rings. The Morgan fingerprint density at radius 3 is 2.57 bits per heavy atom. The number of benzene rings is 1. The summed E-state index contributed by atoms with van der Waals surface area (Å²) >= 11 is 0. The number of Topliss-reactive ketones (excluding diaryl/α,β-unsaturated/α-hetero) is 1. The predicted molar refractivity (Wildman–Crippen MR) is 52.3 cm³/mol. The Labute approximate surface area is 82.5 Å². The Hall–Kier alpha value is -0.960. The molecule has 76 valence electrons. The molecule has 0 saturated heterocycles. The van der Waals surface area contributed by atoms with Crippen molar-refractivity contribution in [3.8, 4) is 0 Å². The van der Waals surface area contributed by atoms with Crippen LogP contribution in [0.5, 0.6) is 0 Å². The summed E-state index contributed by atoms with van der Waals surface area (Å²) < 4.78 is 14.5. The SMILES string of the molecule is O=C(CO[PH](=O)O)Cc1ccccc1. The van der Waals surface area contributed by atoms with E-state index in [1.165, 1.54) is 0 Å². The topological polar surface area (TPSA) is 63.6 Å². The summed E-state index contributed by atoms with van der Waals surface area (Å²) in [6.07, 6.45) is 0.232. The second-order valence-electron chi connectivity index (χ2n) is 2.76. The van der Waals surface area contributed by atoms with Gasteiger partial charge in [-0.25, -0.2) is 0 Å². The van der Waals surface area contributed by atoms with Gasteiger partial charge in [-0.3, -0.25) is 9.36 Å². The van der Waals surface area contributed by atoms with Crippen molar-refractivity contribution in [1.82, 2.24) is 0 Å². The highest BCUT2D eigenvalue weighted by Crippen LogP contribution is 2.14. The van der Waals surface area contributed by atoms with Gasteiger partial charge in [0.05, 0.1) is 0 Å². The van der Waals surface area contributed by atoms with Crippen molar-refractivity contribution in [1.29, 1.82) is 0 Å². The highest BCUT2D eigenvalue weighted by molar-refractivity contribution is 7.32. The quantitative estimate of drug-likeness (QED) is 0.748. The van der Waals surface area contributed by atoms with E-state index in [0.29, 0.717) is 0 Å². The first-order valence-corrected chi connectivity index (χ1v) is 5.36. The van der Waals surface area contributed by atoms with Crippen LogP contribution in [0.1, 0.15) is 5.56 Å². The zero-order chi connectivity index (χ0) is 10.4. The van der Waals surface area contributed by atoms with E-state index in [4.69, 9.17) is 4.89 Å². The smallest absolute Gasteiger partial charge is 0.317 e. The number of rotatable bonds is 5. The molecular formula is C9H11O4P. The Balaban J connectivity index is 2.38. The first-order valence-electron chi connectivity index (χ1n) is 4.10. The maximum atomic E-state index is 11.2. The number of hydrogen-bond donors (Lipinski definition) is 1. The highest BCUT2D eigenvalue weighted by atomic mass is 31.1. The molecule has 0 bridgehead atoms. The molecule has 1 unspecified atom stereocenters. The first kappa shape index (κ1) is 11.1. The van der Waals surface area contributed by atoms with Crippen LogP contribution in [-0.2, 0) is 20.3 Å². The summed E-state index contributed by atoms with van der Waals surface area (Å²) in [6, 6.07) is 9.16. The van der Waals surface area contributed by atoms with Gasteiger partial charge in [0.1, 0.15) is 6.61 Å². The highest BCUT2D eigenvalue weighted by Gasteiger charge is 2.04. The number of ketones is 1. The monoisotopic (exact) mass is 214 g/mol. The molecule has 0 aromatic heterocycles. The van der Waals surface area contributed by atoms with Gasteiger partial charge in [-0.1, -0.05) is 30.3 Å². The van der Waals surface area contributed by atoms with Crippen molar-refractivity contribution in [3.63, 3.8) is 0 Å². The van der Waals surface area contributed by atoms with Gasteiger partial charge in [0.15, 0.2) is 5.78 Å². The molecule has 1 aromatic carbocycles. The van der Waals surface area contributed by atoms with Crippen LogP contribution in [0, 0.1) is 0 Å². The molecule has 4 nitrogen and oxygen atoms in total. The third kappa shape index (κ3) is 4.33. The second-order valence-corrected chi connectivity index (χ2v) is 3.58. The molecule has 0 aliphatic heterocycles. The van der Waals surface area contributed by atoms with E-state index >= 15 is 0 Å². The largest absolute Gasteiger partial charge is 0.326 e. The number of hydrogen-bond acceptors (Lipinski definition) is 3. The van der Waals surface area contributed by atoms with E-state index in [9.17, 15) is 9.36 Å². The minimum absolute atomic E-state index is 0.205. The Morgan fingerprint density at radius 2 is 2.00 bits per heavy atom. The van der Waals surface area contributed by atoms with Gasteiger partial charge in [0, 0.05) is 6.42 Å². The molecule has 1 aromatic rings. The van der Waals surface area contributed by atoms with Crippen LogP contribution in [0.25, 0.3) is 0 Å². The average molecular weight is 214 g/mol. The Morgan fingerprint density at radius 1 is 1.36 bits per heavy atom. The zero-order valence-corrected chi connectivity index (χ0v) is 8.47. The van der Waals surface area contributed by atoms with Crippen LogP contribution in [0.15, 0.2) is 30.3 Å². The van der Waals surface area contributed by atoms with E-state index in [-0.39, 0.29) is 18.8 Å². The third-order valence-corrected chi connectivity index (χ3v) is 1.99. The summed E-state index contributed by atoms with van der Waals surface area (Å²) in [6.45, 7) is -0.302. The number of carbonyl (C=O) groups is 1. The average Bonchev–Trinajstić information content (AvgIpc) is 2.16. The maximum absolute atomic E-state index is 11.2. The van der Waals surface area contributed by atoms with Crippen LogP contribution in [0.4, 0.5) is 0 Å². The van der Waals surface area contributed by atoms with Crippen LogP contribution in [-0.4, -0.2) is 17.3 Å². The standard InChI is InChI=1S/C9H11O4P/c10-9(7-13-14(11)12)6-8-4-2-1-3-5-8/h1-5,14H,6-7H2,(H,11,12). The molecule has 0 fully saturated rings. The fraction of sp³-hybridized carbons (Fsp3) is 0.222. The van der Waals surface area contributed by atoms with Crippen molar-refractivity contribution < 1.29 is 18.8 Å². The second kappa shape index (κ2) is 5.70. The summed E-state index contributed by atoms with van der Waals surface area (Å²) in [5.41, 5.74) is 0.874. The van der Waals surface area contributed by atoms with E-state index < -0.39 is 8.25 Å². The van der Waals surface area contributed by atoms with Gasteiger partial charge in [0.2, 0.25) is 0 Å². The van der Waals surface area contributed by atoms with Gasteiger partial charge < -0.3 is 9.42 Å². The maximum Gasteiger partial charge on any atom is 0.317 e. The van der Waals surface area contributed by atoms with E-state index in [1.807, 2.05) is 30.3 Å². The van der Waals surface area contributed by atoms with Gasteiger partial charge in [0.25, 0.3) is 0 Å². The van der Waals surface area contributed by atoms with Crippen LogP contribution < -0.4 is 0 Å². The van der Waals surface area contributed by atoms with Crippen molar-refractivity contribution in [2.24, 2.45) is 0 Å². The Kier molecular flexibility index (Phi) is 4.53. The lowest BCUT2D eigenvalue weighted by atomic mass is 10.1. The summed E-state index contributed by atoms with van der Waals surface area (Å²) in [7, 11) is -2.99. The molecule has 1 atom stereocenters. The predicted octanol–water partition coefficient (Wildman–Crippen LogP) is 1.20. The molecule has 0 amide bonds. The summed E-state index contributed by atoms with van der Waals surface area (Å²) in [5, 5.41) is 0. The minimum Gasteiger partial charge on any atom is -0.326 e. The van der Waals surface area contributed by atoms with Gasteiger partial charge in [-0.05, 0) is 5.56 Å². The summed E-state index contributed by atoms with van der Waals surface area (Å²) in [5.74, 6) is -0.205. The molecule has 0 spiro atoms. The molecule has 1 rings (SSSR count). The van der Waals surface area contributed by atoms with E-state index in [1.54, 1.807) is 0 Å². The molecule has 0 radical (unpaired) electrons. The zero-order valence-electron chi connectivity index (χ0n) is 7.47. The molecule has 0 aliphatic carbocycles. The fourth-order valence-corrected chi connectivity index (χ4v) is 1.30. The third-order valence-electron chi connectivity index (χ3n) is 1.60. The fourth-order valence-electron chi connectivity index (χ4n) is 1.02. The van der Waals surface area contributed by atoms with Crippen molar-refractivity contribution >= 4 is 14.0 Å². The van der Waals surface area contributed by atoms with Crippen LogP contribution in [0.3, 0.4) is 0 Å². The Bertz CT molecular complexity index is 323. The van der Waals surface area contributed by atoms with Crippen molar-refractivity contribution in [2.45, 2.75) is 6.42 Å². The van der Waals surface area contributed by atoms with Crippen LogP contribution >= 0.6 is 8.25 Å². The molecule has 0 saturated carbocycles. The minimum atomic E-state index is -2.99. The molecule has 1 N–H and O–H groups in total. The molecular weight excluding hydrogens is 203 g/mol. The van der Waals surface area contributed by atoms with Crippen LogP contribution in [0.2, 0.25) is 0 Å². The summed E-state index contributed by atoms with van der Waals surface area (Å²) in [4.78, 5) is 19.5. The number of carbonyl (C=O) groups excluding carboxylic acids is 1. The lowest BCUT2D eigenvalue weighted by molar-refractivity contribution is -0.120. The first-order chi connectivity index (χ1) is 6.68.